The molecule has 0 aliphatic carbocycles. The molecule has 4 nitrogen and oxygen atoms in total. The van der Waals surface area contributed by atoms with Crippen molar-refractivity contribution >= 4 is 11.6 Å². The summed E-state index contributed by atoms with van der Waals surface area (Å²) in [6.45, 7) is 1.77. The third-order valence-corrected chi connectivity index (χ3v) is 3.69. The molecule has 1 aliphatic rings. The Morgan fingerprint density at radius 1 is 1.19 bits per heavy atom. The minimum Gasteiger partial charge on any atom is -0.399 e. The van der Waals surface area contributed by atoms with Crippen molar-refractivity contribution in [2.45, 2.75) is 19.8 Å². The normalized spacial score (nSPS) is 13.0. The Balaban J connectivity index is 1.75. The molecule has 108 valence electrons. The summed E-state index contributed by atoms with van der Waals surface area (Å²) in [5, 5.41) is 0. The zero-order chi connectivity index (χ0) is 14.8. The van der Waals surface area contributed by atoms with E-state index >= 15 is 0 Å². The zero-order valence-electron chi connectivity index (χ0n) is 12.0. The van der Waals surface area contributed by atoms with E-state index in [0.29, 0.717) is 31.0 Å². The van der Waals surface area contributed by atoms with Crippen LogP contribution in [0.3, 0.4) is 0 Å². The molecule has 0 saturated carbocycles. The first-order valence-electron chi connectivity index (χ1n) is 6.93. The number of hydrogen-bond acceptors (Lipinski definition) is 3. The number of rotatable bonds is 3. The number of carbonyl (C=O) groups excluding carboxylic acids is 1. The maximum Gasteiger partial charge on any atom is 0.253 e. The Hall–Kier alpha value is -2.33. The predicted molar refractivity (Wildman–Crippen MR) is 81.6 cm³/mol. The molecule has 0 unspecified atom stereocenters. The van der Waals surface area contributed by atoms with E-state index in [9.17, 15) is 4.79 Å². The summed E-state index contributed by atoms with van der Waals surface area (Å²) in [6, 6.07) is 13.4. The van der Waals surface area contributed by atoms with Crippen LogP contribution in [0.25, 0.3) is 0 Å². The fraction of sp³-hybridized carbons (Fsp3) is 0.235. The van der Waals surface area contributed by atoms with Gasteiger partial charge < -0.3 is 15.4 Å². The van der Waals surface area contributed by atoms with Crippen LogP contribution in [-0.4, -0.2) is 17.9 Å². The standard InChI is InChI=1S/C17H18N2O2/c1-19(9-12-3-2-4-16(18)7-12)17(20)13-5-6-14-10-21-11-15(14)8-13/h2-8H,9-11,18H2,1H3. The van der Waals surface area contributed by atoms with Gasteiger partial charge in [0.1, 0.15) is 0 Å². The second-order valence-electron chi connectivity index (χ2n) is 5.38. The van der Waals surface area contributed by atoms with Crippen molar-refractivity contribution in [1.29, 1.82) is 0 Å². The van der Waals surface area contributed by atoms with Crippen molar-refractivity contribution in [3.05, 3.63) is 64.7 Å². The van der Waals surface area contributed by atoms with Crippen molar-refractivity contribution in [2.24, 2.45) is 0 Å². The van der Waals surface area contributed by atoms with Crippen LogP contribution in [0.4, 0.5) is 5.69 Å². The highest BCUT2D eigenvalue weighted by Gasteiger charge is 2.17. The number of anilines is 1. The van der Waals surface area contributed by atoms with Crippen LogP contribution in [0.5, 0.6) is 0 Å². The van der Waals surface area contributed by atoms with Gasteiger partial charge in [-0.25, -0.2) is 0 Å². The number of ether oxygens (including phenoxy) is 1. The third-order valence-electron chi connectivity index (χ3n) is 3.69. The van der Waals surface area contributed by atoms with Crippen LogP contribution in [0, 0.1) is 0 Å². The molecule has 0 fully saturated rings. The lowest BCUT2D eigenvalue weighted by atomic mass is 10.1. The molecule has 4 heteroatoms. The third kappa shape index (κ3) is 2.90. The van der Waals surface area contributed by atoms with Crippen LogP contribution in [-0.2, 0) is 24.5 Å². The lowest BCUT2D eigenvalue weighted by Crippen LogP contribution is -2.26. The van der Waals surface area contributed by atoms with Gasteiger partial charge in [-0.1, -0.05) is 18.2 Å². The first kappa shape index (κ1) is 13.6. The van der Waals surface area contributed by atoms with E-state index in [1.54, 1.807) is 11.9 Å². The molecule has 0 bridgehead atoms. The number of nitrogen functional groups attached to an aromatic ring is 1. The maximum absolute atomic E-state index is 12.5. The summed E-state index contributed by atoms with van der Waals surface area (Å²) in [7, 11) is 1.80. The molecule has 3 rings (SSSR count). The van der Waals surface area contributed by atoms with Gasteiger partial charge in [-0.05, 0) is 41.0 Å². The molecule has 1 heterocycles. The van der Waals surface area contributed by atoms with Crippen molar-refractivity contribution < 1.29 is 9.53 Å². The average Bonchev–Trinajstić information content (AvgIpc) is 2.93. The van der Waals surface area contributed by atoms with Crippen LogP contribution >= 0.6 is 0 Å². The van der Waals surface area contributed by atoms with E-state index in [1.807, 2.05) is 42.5 Å². The molecule has 0 atom stereocenters. The maximum atomic E-state index is 12.5. The second kappa shape index (κ2) is 5.58. The summed E-state index contributed by atoms with van der Waals surface area (Å²) < 4.78 is 5.38. The monoisotopic (exact) mass is 282 g/mol. The smallest absolute Gasteiger partial charge is 0.253 e. The zero-order valence-corrected chi connectivity index (χ0v) is 12.0. The highest BCUT2D eigenvalue weighted by atomic mass is 16.5. The topological polar surface area (TPSA) is 55.6 Å². The van der Waals surface area contributed by atoms with Crippen LogP contribution in [0.15, 0.2) is 42.5 Å². The molecule has 0 spiro atoms. The first-order valence-corrected chi connectivity index (χ1v) is 6.93. The van der Waals surface area contributed by atoms with Crippen molar-refractivity contribution in [3.8, 4) is 0 Å². The summed E-state index contributed by atoms with van der Waals surface area (Å²) >= 11 is 0. The lowest BCUT2D eigenvalue weighted by Gasteiger charge is -2.18. The number of nitrogens with zero attached hydrogens (tertiary/aromatic N) is 1. The van der Waals surface area contributed by atoms with E-state index in [4.69, 9.17) is 10.5 Å². The summed E-state index contributed by atoms with van der Waals surface area (Å²) in [5.74, 6) is 0.00660. The molecular formula is C17H18N2O2. The molecule has 0 aromatic heterocycles. The second-order valence-corrected chi connectivity index (χ2v) is 5.38. The van der Waals surface area contributed by atoms with Gasteiger partial charge in [-0.15, -0.1) is 0 Å². The fourth-order valence-electron chi connectivity index (χ4n) is 2.56. The Morgan fingerprint density at radius 3 is 2.81 bits per heavy atom. The van der Waals surface area contributed by atoms with Gasteiger partial charge >= 0.3 is 0 Å². The summed E-state index contributed by atoms with van der Waals surface area (Å²) in [4.78, 5) is 14.2. The Morgan fingerprint density at radius 2 is 2.00 bits per heavy atom. The predicted octanol–water partition coefficient (Wildman–Crippen LogP) is 2.57. The summed E-state index contributed by atoms with van der Waals surface area (Å²) in [5.41, 5.74) is 10.5. The molecule has 21 heavy (non-hydrogen) atoms. The fourth-order valence-corrected chi connectivity index (χ4v) is 2.56. The van der Waals surface area contributed by atoms with Crippen LogP contribution in [0.1, 0.15) is 27.0 Å². The van der Waals surface area contributed by atoms with Gasteiger partial charge in [0.05, 0.1) is 13.2 Å². The number of amides is 1. The molecule has 1 aliphatic heterocycles. The largest absolute Gasteiger partial charge is 0.399 e. The van der Waals surface area contributed by atoms with Gasteiger partial charge in [0.25, 0.3) is 5.91 Å². The number of benzene rings is 2. The molecular weight excluding hydrogens is 264 g/mol. The van der Waals surface area contributed by atoms with Crippen molar-refractivity contribution in [1.82, 2.24) is 4.90 Å². The first-order chi connectivity index (χ1) is 10.1. The minimum atomic E-state index is 0.00660. The van der Waals surface area contributed by atoms with Gasteiger partial charge in [-0.3, -0.25) is 4.79 Å². The van der Waals surface area contributed by atoms with Crippen LogP contribution < -0.4 is 5.73 Å². The molecule has 2 aromatic carbocycles. The highest BCUT2D eigenvalue weighted by molar-refractivity contribution is 5.94. The van der Waals surface area contributed by atoms with Gasteiger partial charge in [0.15, 0.2) is 0 Å². The van der Waals surface area contributed by atoms with E-state index in [2.05, 4.69) is 0 Å². The van der Waals surface area contributed by atoms with Gasteiger partial charge in [-0.2, -0.15) is 0 Å². The number of hydrogen-bond donors (Lipinski definition) is 1. The lowest BCUT2D eigenvalue weighted by molar-refractivity contribution is 0.0785. The minimum absolute atomic E-state index is 0.00660. The van der Waals surface area contributed by atoms with Crippen molar-refractivity contribution in [3.63, 3.8) is 0 Å². The number of carbonyl (C=O) groups is 1. The molecule has 0 saturated heterocycles. The van der Waals surface area contributed by atoms with Crippen molar-refractivity contribution in [2.75, 3.05) is 12.8 Å². The number of fused-ring (bicyclic) bond motifs is 1. The Kier molecular flexibility index (Phi) is 3.62. The van der Waals surface area contributed by atoms with Crippen LogP contribution in [0.2, 0.25) is 0 Å². The van der Waals surface area contributed by atoms with E-state index < -0.39 is 0 Å². The van der Waals surface area contributed by atoms with Gasteiger partial charge in [0, 0.05) is 24.8 Å². The average molecular weight is 282 g/mol. The Labute approximate surface area is 124 Å². The molecule has 2 N–H and O–H groups in total. The van der Waals surface area contributed by atoms with Gasteiger partial charge in [0.2, 0.25) is 0 Å². The molecule has 1 amide bonds. The quantitative estimate of drug-likeness (QED) is 0.880. The Bertz CT molecular complexity index is 682. The highest BCUT2D eigenvalue weighted by Crippen LogP contribution is 2.21. The van der Waals surface area contributed by atoms with E-state index in [1.165, 1.54) is 5.56 Å². The number of nitrogens with two attached hydrogens (primary N) is 1. The SMILES string of the molecule is CN(Cc1cccc(N)c1)C(=O)c1ccc2c(c1)COC2. The van der Waals surface area contributed by atoms with E-state index in [0.717, 1.165) is 11.1 Å². The molecule has 0 radical (unpaired) electrons. The molecule has 2 aromatic rings. The summed E-state index contributed by atoms with van der Waals surface area (Å²) in [6.07, 6.45) is 0. The van der Waals surface area contributed by atoms with E-state index in [-0.39, 0.29) is 5.91 Å².